The molecule has 0 bridgehead atoms. The van der Waals surface area contributed by atoms with Gasteiger partial charge >= 0.3 is 0 Å². The normalized spacial score (nSPS) is 17.5. The number of guanidine groups is 1. The van der Waals surface area contributed by atoms with Gasteiger partial charge in [-0.25, -0.2) is 9.98 Å². The molecule has 2 heterocycles. The number of aromatic nitrogens is 1. The van der Waals surface area contributed by atoms with Gasteiger partial charge in [0.25, 0.3) is 0 Å². The van der Waals surface area contributed by atoms with Gasteiger partial charge in [0.05, 0.1) is 6.54 Å². The summed E-state index contributed by atoms with van der Waals surface area (Å²) in [4.78, 5) is 11.5. The first-order valence-electron chi connectivity index (χ1n) is 10.2. The minimum Gasteiger partial charge on any atom is -0.370 e. The van der Waals surface area contributed by atoms with Crippen LogP contribution >= 0.6 is 0 Å². The van der Waals surface area contributed by atoms with Gasteiger partial charge in [0, 0.05) is 25.0 Å². The predicted molar refractivity (Wildman–Crippen MR) is 112 cm³/mol. The second-order valence-corrected chi connectivity index (χ2v) is 7.59. The summed E-state index contributed by atoms with van der Waals surface area (Å²) in [6.07, 6.45) is 10.7. The number of aliphatic imine (C=N–C) groups is 1. The van der Waals surface area contributed by atoms with Crippen molar-refractivity contribution in [3.05, 3.63) is 53.2 Å². The molecule has 1 aliphatic heterocycles. The minimum absolute atomic E-state index is 0.449. The highest BCUT2D eigenvalue weighted by atomic mass is 15.2. The molecule has 1 aromatic heterocycles. The van der Waals surface area contributed by atoms with E-state index in [9.17, 15) is 0 Å². The van der Waals surface area contributed by atoms with Crippen LogP contribution in [-0.4, -0.2) is 24.0 Å². The highest BCUT2D eigenvalue weighted by Gasteiger charge is 2.12. The number of pyridine rings is 1. The maximum absolute atomic E-state index is 6.07. The van der Waals surface area contributed by atoms with E-state index in [4.69, 9.17) is 5.73 Å². The molecule has 0 spiro atoms. The number of nitrogens with zero attached hydrogens (tertiary/aromatic N) is 3. The lowest BCUT2D eigenvalue weighted by Crippen LogP contribution is -2.24. The second kappa shape index (κ2) is 8.42. The number of hydrogen-bond acceptors (Lipinski definition) is 3. The fraction of sp³-hybridized carbons (Fsp3) is 0.455. The molecule has 0 unspecified atom stereocenters. The molecule has 1 aromatic carbocycles. The zero-order valence-corrected chi connectivity index (χ0v) is 16.0. The minimum atomic E-state index is 0.449. The van der Waals surface area contributed by atoms with E-state index < -0.39 is 0 Å². The van der Waals surface area contributed by atoms with Crippen molar-refractivity contribution >= 4 is 17.5 Å². The molecule has 4 rings (SSSR count). The average Bonchev–Trinajstić information content (AvgIpc) is 2.98. The fourth-order valence-electron chi connectivity index (χ4n) is 4.01. The summed E-state index contributed by atoms with van der Waals surface area (Å²) in [7, 11) is 0. The smallest absolute Gasteiger partial charge is 0.193 e. The van der Waals surface area contributed by atoms with Crippen molar-refractivity contribution in [2.75, 3.05) is 23.3 Å². The molecular formula is C22H29N5. The van der Waals surface area contributed by atoms with E-state index in [1.165, 1.54) is 49.7 Å². The van der Waals surface area contributed by atoms with E-state index in [2.05, 4.69) is 50.5 Å². The Morgan fingerprint density at radius 2 is 1.81 bits per heavy atom. The Kier molecular flexibility index (Phi) is 5.56. The molecular weight excluding hydrogens is 334 g/mol. The van der Waals surface area contributed by atoms with E-state index in [1.54, 1.807) is 0 Å². The number of nitrogens with one attached hydrogen (secondary N) is 1. The Morgan fingerprint density at radius 1 is 1.00 bits per heavy atom. The van der Waals surface area contributed by atoms with Gasteiger partial charge in [0.1, 0.15) is 5.82 Å². The molecule has 5 heteroatoms. The van der Waals surface area contributed by atoms with E-state index in [-0.39, 0.29) is 0 Å². The number of rotatable bonds is 4. The molecule has 2 aliphatic rings. The molecule has 0 saturated carbocycles. The molecule has 2 aromatic rings. The Labute approximate surface area is 161 Å². The van der Waals surface area contributed by atoms with Crippen molar-refractivity contribution in [2.24, 2.45) is 10.7 Å². The van der Waals surface area contributed by atoms with Crippen LogP contribution in [0.5, 0.6) is 0 Å². The zero-order chi connectivity index (χ0) is 18.5. The fourth-order valence-corrected chi connectivity index (χ4v) is 4.01. The second-order valence-electron chi connectivity index (χ2n) is 7.59. The van der Waals surface area contributed by atoms with Crippen LogP contribution in [-0.2, 0) is 19.4 Å². The summed E-state index contributed by atoms with van der Waals surface area (Å²) >= 11 is 0. The Bertz CT molecular complexity index is 789. The van der Waals surface area contributed by atoms with Gasteiger partial charge in [-0.3, -0.25) is 0 Å². The van der Waals surface area contributed by atoms with Crippen molar-refractivity contribution in [3.63, 3.8) is 0 Å². The summed E-state index contributed by atoms with van der Waals surface area (Å²) in [6.45, 7) is 2.77. The number of benzene rings is 1. The quantitative estimate of drug-likeness (QED) is 0.639. The van der Waals surface area contributed by atoms with E-state index >= 15 is 0 Å². The van der Waals surface area contributed by atoms with Crippen molar-refractivity contribution in [1.82, 2.24) is 4.98 Å². The van der Waals surface area contributed by atoms with E-state index in [0.717, 1.165) is 36.6 Å². The van der Waals surface area contributed by atoms with Crippen LogP contribution in [0.25, 0.3) is 0 Å². The van der Waals surface area contributed by atoms with E-state index in [0.29, 0.717) is 12.5 Å². The van der Waals surface area contributed by atoms with Crippen LogP contribution in [0.15, 0.2) is 41.5 Å². The standard InChI is InChI=1S/C22H29N5/c23-22(26-20-10-9-18-6-5-7-19(18)14-20)25-16-17-8-11-21(24-15-17)27-12-3-1-2-4-13-27/h8-11,14-15H,1-7,12-13,16H2,(H3,23,25,26). The van der Waals surface area contributed by atoms with Gasteiger partial charge in [-0.2, -0.15) is 0 Å². The van der Waals surface area contributed by atoms with Gasteiger partial charge in [0.15, 0.2) is 5.96 Å². The Hall–Kier alpha value is -2.56. The highest BCUT2D eigenvalue weighted by molar-refractivity contribution is 5.92. The molecule has 0 amide bonds. The summed E-state index contributed by atoms with van der Waals surface area (Å²) in [5.41, 5.74) is 11.1. The SMILES string of the molecule is NC(=NCc1ccc(N2CCCCCC2)nc1)Nc1ccc2c(c1)CCC2. The first kappa shape index (κ1) is 17.8. The zero-order valence-electron chi connectivity index (χ0n) is 16.0. The largest absolute Gasteiger partial charge is 0.370 e. The third-order valence-electron chi connectivity index (χ3n) is 5.54. The van der Waals surface area contributed by atoms with Gasteiger partial charge in [-0.1, -0.05) is 25.0 Å². The first-order valence-corrected chi connectivity index (χ1v) is 10.2. The van der Waals surface area contributed by atoms with Crippen molar-refractivity contribution in [1.29, 1.82) is 0 Å². The number of nitrogens with two attached hydrogens (primary N) is 1. The molecule has 5 nitrogen and oxygen atoms in total. The lowest BCUT2D eigenvalue weighted by atomic mass is 10.1. The first-order chi connectivity index (χ1) is 13.3. The highest BCUT2D eigenvalue weighted by Crippen LogP contribution is 2.24. The molecule has 27 heavy (non-hydrogen) atoms. The molecule has 1 saturated heterocycles. The molecule has 0 atom stereocenters. The van der Waals surface area contributed by atoms with Gasteiger partial charge in [-0.15, -0.1) is 0 Å². The molecule has 0 radical (unpaired) electrons. The summed E-state index contributed by atoms with van der Waals surface area (Å²) in [6, 6.07) is 10.7. The lowest BCUT2D eigenvalue weighted by Gasteiger charge is -2.21. The Morgan fingerprint density at radius 3 is 2.59 bits per heavy atom. The van der Waals surface area contributed by atoms with Gasteiger partial charge < -0.3 is 16.0 Å². The number of aryl methyl sites for hydroxylation is 2. The van der Waals surface area contributed by atoms with Gasteiger partial charge in [-0.05, 0) is 67.0 Å². The predicted octanol–water partition coefficient (Wildman–Crippen LogP) is 3.88. The molecule has 1 aliphatic carbocycles. The number of hydrogen-bond donors (Lipinski definition) is 2. The summed E-state index contributed by atoms with van der Waals surface area (Å²) in [5.74, 6) is 1.53. The van der Waals surface area contributed by atoms with Crippen LogP contribution in [0.3, 0.4) is 0 Å². The molecule has 142 valence electrons. The van der Waals surface area contributed by atoms with Crippen LogP contribution in [0.1, 0.15) is 48.8 Å². The number of anilines is 2. The Balaban J connectivity index is 1.34. The monoisotopic (exact) mass is 363 g/mol. The average molecular weight is 364 g/mol. The topological polar surface area (TPSA) is 66.5 Å². The maximum atomic E-state index is 6.07. The van der Waals surface area contributed by atoms with Crippen molar-refractivity contribution < 1.29 is 0 Å². The maximum Gasteiger partial charge on any atom is 0.193 e. The lowest BCUT2D eigenvalue weighted by molar-refractivity contribution is 0.726. The molecule has 3 N–H and O–H groups in total. The van der Waals surface area contributed by atoms with Crippen LogP contribution in [0.2, 0.25) is 0 Å². The van der Waals surface area contributed by atoms with Crippen molar-refractivity contribution in [2.45, 2.75) is 51.5 Å². The van der Waals surface area contributed by atoms with Gasteiger partial charge in [0.2, 0.25) is 0 Å². The van der Waals surface area contributed by atoms with Crippen LogP contribution in [0, 0.1) is 0 Å². The third kappa shape index (κ3) is 4.59. The third-order valence-corrected chi connectivity index (χ3v) is 5.54. The summed E-state index contributed by atoms with van der Waals surface area (Å²) in [5, 5.41) is 3.21. The number of fused-ring (bicyclic) bond motifs is 1. The summed E-state index contributed by atoms with van der Waals surface area (Å²) < 4.78 is 0. The van der Waals surface area contributed by atoms with Crippen molar-refractivity contribution in [3.8, 4) is 0 Å². The van der Waals surface area contributed by atoms with Crippen LogP contribution in [0.4, 0.5) is 11.5 Å². The van der Waals surface area contributed by atoms with E-state index in [1.807, 2.05) is 6.20 Å². The van der Waals surface area contributed by atoms with Crippen LogP contribution < -0.4 is 16.0 Å². The molecule has 1 fully saturated rings.